The van der Waals surface area contributed by atoms with Crippen LogP contribution in [0, 0.1) is 0 Å². The van der Waals surface area contributed by atoms with Gasteiger partial charge in [-0.15, -0.1) is 0 Å². The van der Waals surface area contributed by atoms with Crippen molar-refractivity contribution < 1.29 is 9.53 Å². The summed E-state index contributed by atoms with van der Waals surface area (Å²) in [6.45, 7) is 2.12. The summed E-state index contributed by atoms with van der Waals surface area (Å²) < 4.78 is 5.28. The first-order valence-corrected chi connectivity index (χ1v) is 8.53. The number of nitrogens with one attached hydrogen (secondary N) is 1. The van der Waals surface area contributed by atoms with Crippen LogP contribution in [0.5, 0.6) is 5.75 Å². The van der Waals surface area contributed by atoms with Crippen LogP contribution in [-0.4, -0.2) is 18.2 Å². The van der Waals surface area contributed by atoms with Gasteiger partial charge in [-0.25, -0.2) is 4.99 Å². The summed E-state index contributed by atoms with van der Waals surface area (Å²) in [6, 6.07) is 15.7. The number of amidine groups is 1. The highest BCUT2D eigenvalue weighted by molar-refractivity contribution is 8.18. The lowest BCUT2D eigenvalue weighted by molar-refractivity contribution is -0.115. The molecule has 24 heavy (non-hydrogen) atoms. The maximum absolute atomic E-state index is 12.1. The van der Waals surface area contributed by atoms with Crippen molar-refractivity contribution in [2.45, 2.75) is 13.3 Å². The van der Waals surface area contributed by atoms with Gasteiger partial charge in [0.25, 0.3) is 5.91 Å². The second kappa shape index (κ2) is 7.36. The Kier molecular flexibility index (Phi) is 5.01. The van der Waals surface area contributed by atoms with Crippen LogP contribution in [0.1, 0.15) is 18.1 Å². The van der Waals surface area contributed by atoms with E-state index in [1.54, 1.807) is 7.11 Å². The Hall–Kier alpha value is -2.53. The number of hydrogen-bond acceptors (Lipinski definition) is 4. The molecule has 2 aromatic carbocycles. The first-order chi connectivity index (χ1) is 11.7. The minimum atomic E-state index is -0.131. The van der Waals surface area contributed by atoms with Gasteiger partial charge >= 0.3 is 0 Å². The van der Waals surface area contributed by atoms with E-state index in [1.807, 2.05) is 42.5 Å². The Labute approximate surface area is 145 Å². The van der Waals surface area contributed by atoms with Gasteiger partial charge < -0.3 is 10.1 Å². The zero-order valence-electron chi connectivity index (χ0n) is 13.6. The molecule has 1 heterocycles. The smallest absolute Gasteiger partial charge is 0.264 e. The number of carbonyl (C=O) groups is 1. The summed E-state index contributed by atoms with van der Waals surface area (Å²) in [5, 5.41) is 3.35. The molecule has 1 fully saturated rings. The van der Waals surface area contributed by atoms with Crippen LogP contribution in [0.25, 0.3) is 6.08 Å². The number of carbonyl (C=O) groups excluding carboxylic acids is 1. The second-order valence-corrected chi connectivity index (χ2v) is 6.28. The molecule has 3 rings (SSSR count). The molecule has 1 aliphatic heterocycles. The van der Waals surface area contributed by atoms with Gasteiger partial charge in [-0.05, 0) is 47.5 Å². The van der Waals surface area contributed by atoms with Crippen LogP contribution in [0.15, 0.2) is 58.4 Å². The molecule has 4 nitrogen and oxygen atoms in total. The Morgan fingerprint density at radius 2 is 1.92 bits per heavy atom. The number of ether oxygens (including phenoxy) is 1. The number of amides is 1. The van der Waals surface area contributed by atoms with Crippen LogP contribution in [0.4, 0.5) is 5.69 Å². The number of aliphatic imine (C=N–C) groups is 1. The van der Waals surface area contributed by atoms with Crippen molar-refractivity contribution in [1.82, 2.24) is 5.32 Å². The summed E-state index contributed by atoms with van der Waals surface area (Å²) in [4.78, 5) is 17.3. The van der Waals surface area contributed by atoms with Crippen molar-refractivity contribution in [2.24, 2.45) is 4.99 Å². The van der Waals surface area contributed by atoms with E-state index in [4.69, 9.17) is 4.74 Å². The number of nitrogens with zero attached hydrogens (tertiary/aromatic N) is 1. The standard InChI is InChI=1S/C19H18N2O2S/c1-3-13-8-10-14(11-9-13)12-17-18(22)21-19(24-17)20-15-6-4-5-7-16(15)23-2/h4-12H,3H2,1-2H3,(H,20,21,22)/b17-12-. The lowest BCUT2D eigenvalue weighted by Gasteiger charge is -2.03. The minimum absolute atomic E-state index is 0.131. The number of aryl methyl sites for hydroxylation is 1. The molecular formula is C19H18N2O2S. The SMILES string of the molecule is CCc1ccc(/C=C2\SC(=Nc3ccccc3OC)NC2=O)cc1. The highest BCUT2D eigenvalue weighted by Crippen LogP contribution is 2.31. The molecule has 2 aromatic rings. The van der Waals surface area contributed by atoms with Gasteiger partial charge in [0.2, 0.25) is 0 Å². The minimum Gasteiger partial charge on any atom is -0.494 e. The predicted octanol–water partition coefficient (Wildman–Crippen LogP) is 4.15. The third-order valence-electron chi connectivity index (χ3n) is 3.64. The average molecular weight is 338 g/mol. The van der Waals surface area contributed by atoms with Crippen molar-refractivity contribution in [3.8, 4) is 5.75 Å². The van der Waals surface area contributed by atoms with Gasteiger partial charge in [0, 0.05) is 0 Å². The molecular weight excluding hydrogens is 320 g/mol. The van der Waals surface area contributed by atoms with Crippen molar-refractivity contribution in [3.05, 3.63) is 64.6 Å². The molecule has 0 bridgehead atoms. The highest BCUT2D eigenvalue weighted by atomic mass is 32.2. The van der Waals surface area contributed by atoms with Crippen LogP contribution in [0.2, 0.25) is 0 Å². The van der Waals surface area contributed by atoms with Crippen molar-refractivity contribution >= 4 is 34.6 Å². The summed E-state index contributed by atoms with van der Waals surface area (Å²) in [6.07, 6.45) is 2.88. The van der Waals surface area contributed by atoms with Gasteiger partial charge in [-0.3, -0.25) is 4.79 Å². The Morgan fingerprint density at radius 3 is 2.62 bits per heavy atom. The van der Waals surface area contributed by atoms with Crippen LogP contribution in [0.3, 0.4) is 0 Å². The molecule has 0 radical (unpaired) electrons. The molecule has 0 aliphatic carbocycles. The van der Waals surface area contributed by atoms with E-state index < -0.39 is 0 Å². The number of hydrogen-bond donors (Lipinski definition) is 1. The second-order valence-electron chi connectivity index (χ2n) is 5.25. The van der Waals surface area contributed by atoms with Gasteiger partial charge in [0.15, 0.2) is 5.17 Å². The van der Waals surface area contributed by atoms with Crippen molar-refractivity contribution in [2.75, 3.05) is 7.11 Å². The average Bonchev–Trinajstić information content (AvgIpc) is 2.95. The Bertz CT molecular complexity index is 810. The largest absolute Gasteiger partial charge is 0.494 e. The third kappa shape index (κ3) is 3.68. The third-order valence-corrected chi connectivity index (χ3v) is 4.55. The monoisotopic (exact) mass is 338 g/mol. The maximum atomic E-state index is 12.1. The van der Waals surface area contributed by atoms with E-state index in [9.17, 15) is 4.79 Å². The maximum Gasteiger partial charge on any atom is 0.264 e. The zero-order chi connectivity index (χ0) is 16.9. The summed E-state index contributed by atoms with van der Waals surface area (Å²) in [5.41, 5.74) is 2.97. The Balaban J connectivity index is 1.82. The highest BCUT2D eigenvalue weighted by Gasteiger charge is 2.24. The van der Waals surface area contributed by atoms with Crippen LogP contribution < -0.4 is 10.1 Å². The number of rotatable bonds is 4. The topological polar surface area (TPSA) is 50.7 Å². The van der Waals surface area contributed by atoms with E-state index in [1.165, 1.54) is 17.3 Å². The molecule has 0 atom stereocenters. The molecule has 1 amide bonds. The van der Waals surface area contributed by atoms with Gasteiger partial charge in [0.05, 0.1) is 12.0 Å². The van der Waals surface area contributed by atoms with Crippen LogP contribution >= 0.6 is 11.8 Å². The molecule has 0 spiro atoms. The Morgan fingerprint density at radius 1 is 1.17 bits per heavy atom. The van der Waals surface area contributed by atoms with E-state index in [-0.39, 0.29) is 5.91 Å². The summed E-state index contributed by atoms with van der Waals surface area (Å²) in [5.74, 6) is 0.542. The van der Waals surface area contributed by atoms with E-state index in [2.05, 4.69) is 29.4 Å². The molecule has 5 heteroatoms. The first kappa shape index (κ1) is 16.3. The normalized spacial score (nSPS) is 17.3. The zero-order valence-corrected chi connectivity index (χ0v) is 14.4. The van der Waals surface area contributed by atoms with Gasteiger partial charge in [-0.2, -0.15) is 0 Å². The predicted molar refractivity (Wildman–Crippen MR) is 99.6 cm³/mol. The lowest BCUT2D eigenvalue weighted by Crippen LogP contribution is -2.19. The molecule has 1 aliphatic rings. The summed E-state index contributed by atoms with van der Waals surface area (Å²) in [7, 11) is 1.60. The fraction of sp³-hybridized carbons (Fsp3) is 0.158. The number of para-hydroxylation sites is 2. The molecule has 1 saturated heterocycles. The first-order valence-electron chi connectivity index (χ1n) is 7.71. The lowest BCUT2D eigenvalue weighted by atomic mass is 10.1. The van der Waals surface area contributed by atoms with Crippen molar-refractivity contribution in [3.63, 3.8) is 0 Å². The van der Waals surface area contributed by atoms with E-state index in [0.29, 0.717) is 21.5 Å². The summed E-state index contributed by atoms with van der Waals surface area (Å²) >= 11 is 1.33. The van der Waals surface area contributed by atoms with E-state index >= 15 is 0 Å². The molecule has 122 valence electrons. The van der Waals surface area contributed by atoms with Crippen LogP contribution in [-0.2, 0) is 11.2 Å². The molecule has 0 saturated carbocycles. The quantitative estimate of drug-likeness (QED) is 0.852. The van der Waals surface area contributed by atoms with Crippen molar-refractivity contribution in [1.29, 1.82) is 0 Å². The van der Waals surface area contributed by atoms with Gasteiger partial charge in [-0.1, -0.05) is 43.3 Å². The number of benzene rings is 2. The molecule has 1 N–H and O–H groups in total. The fourth-order valence-corrected chi connectivity index (χ4v) is 3.15. The molecule has 0 unspecified atom stereocenters. The van der Waals surface area contributed by atoms with E-state index in [0.717, 1.165) is 12.0 Å². The number of thioether (sulfide) groups is 1. The molecule has 0 aromatic heterocycles. The fourth-order valence-electron chi connectivity index (χ4n) is 2.31. The van der Waals surface area contributed by atoms with Gasteiger partial charge in [0.1, 0.15) is 11.4 Å². The number of methoxy groups -OCH3 is 1.